The van der Waals surface area contributed by atoms with Gasteiger partial charge in [0.2, 0.25) is 5.88 Å². The van der Waals surface area contributed by atoms with Gasteiger partial charge < -0.3 is 14.8 Å². The Morgan fingerprint density at radius 1 is 1.15 bits per heavy atom. The zero-order valence-corrected chi connectivity index (χ0v) is 12.0. The van der Waals surface area contributed by atoms with Crippen LogP contribution in [0.1, 0.15) is 17.3 Å². The lowest BCUT2D eigenvalue weighted by Crippen LogP contribution is -2.21. The molecule has 1 heterocycles. The zero-order chi connectivity index (χ0) is 14.4. The fraction of sp³-hybridized carbons (Fsp3) is 0.333. The first-order chi connectivity index (χ1) is 9.78. The molecule has 5 heteroatoms. The number of benzene rings is 1. The van der Waals surface area contributed by atoms with Crippen LogP contribution in [0.25, 0.3) is 0 Å². The largest absolute Gasteiger partial charge is 0.497 e. The van der Waals surface area contributed by atoms with Gasteiger partial charge in [0.05, 0.1) is 20.3 Å². The molecule has 0 aliphatic carbocycles. The minimum Gasteiger partial charge on any atom is -0.497 e. The Labute approximate surface area is 119 Å². The van der Waals surface area contributed by atoms with Crippen molar-refractivity contribution in [2.24, 2.45) is 0 Å². The molecule has 0 aliphatic rings. The van der Waals surface area contributed by atoms with Crippen LogP contribution in [-0.4, -0.2) is 31.2 Å². The lowest BCUT2D eigenvalue weighted by Gasteiger charge is -2.17. The molecule has 106 valence electrons. The van der Waals surface area contributed by atoms with Gasteiger partial charge in [-0.05, 0) is 31.2 Å². The summed E-state index contributed by atoms with van der Waals surface area (Å²) in [7, 11) is 5.17. The number of rotatable bonds is 6. The maximum atomic E-state index is 5.27. The molecule has 0 bridgehead atoms. The van der Waals surface area contributed by atoms with E-state index in [1.807, 2.05) is 25.2 Å². The van der Waals surface area contributed by atoms with Gasteiger partial charge in [-0.2, -0.15) is 0 Å². The molecule has 0 aliphatic heterocycles. The first-order valence-electron chi connectivity index (χ1n) is 6.43. The molecule has 1 unspecified atom stereocenters. The molecule has 20 heavy (non-hydrogen) atoms. The van der Waals surface area contributed by atoms with Crippen LogP contribution in [0.5, 0.6) is 11.6 Å². The van der Waals surface area contributed by atoms with Crippen LogP contribution in [0.4, 0.5) is 0 Å². The third kappa shape index (κ3) is 3.24. The van der Waals surface area contributed by atoms with Gasteiger partial charge in [-0.1, -0.05) is 12.1 Å². The van der Waals surface area contributed by atoms with Crippen LogP contribution in [0.2, 0.25) is 0 Å². The molecular formula is C15H19N3O2. The zero-order valence-electron chi connectivity index (χ0n) is 12.0. The number of hydrogen-bond donors (Lipinski definition) is 1. The van der Waals surface area contributed by atoms with E-state index in [4.69, 9.17) is 9.47 Å². The standard InChI is InChI=1S/C15H19N3O2/c1-16-13(14-15(20-3)18-8-7-17-14)10-11-5-4-6-12(9-11)19-2/h4-9,13,16H,10H2,1-3H3. The minimum absolute atomic E-state index is 0.0331. The maximum absolute atomic E-state index is 5.27. The molecule has 0 amide bonds. The average molecular weight is 273 g/mol. The maximum Gasteiger partial charge on any atom is 0.237 e. The molecular weight excluding hydrogens is 254 g/mol. The second-order valence-electron chi connectivity index (χ2n) is 4.35. The van der Waals surface area contributed by atoms with Gasteiger partial charge in [-0.3, -0.25) is 4.98 Å². The molecule has 2 aromatic rings. The summed E-state index contributed by atoms with van der Waals surface area (Å²) >= 11 is 0. The summed E-state index contributed by atoms with van der Waals surface area (Å²) in [5.41, 5.74) is 1.97. The fourth-order valence-electron chi connectivity index (χ4n) is 2.10. The number of ether oxygens (including phenoxy) is 2. The second kappa shape index (κ2) is 6.86. The minimum atomic E-state index is 0.0331. The Kier molecular flexibility index (Phi) is 4.90. The van der Waals surface area contributed by atoms with Crippen molar-refractivity contribution in [1.29, 1.82) is 0 Å². The van der Waals surface area contributed by atoms with Gasteiger partial charge in [0.1, 0.15) is 11.4 Å². The van der Waals surface area contributed by atoms with Gasteiger partial charge >= 0.3 is 0 Å². The Bertz CT molecular complexity index is 560. The van der Waals surface area contributed by atoms with Crippen molar-refractivity contribution in [3.05, 3.63) is 47.9 Å². The quantitative estimate of drug-likeness (QED) is 0.872. The van der Waals surface area contributed by atoms with E-state index >= 15 is 0 Å². The summed E-state index contributed by atoms with van der Waals surface area (Å²) < 4.78 is 10.5. The van der Waals surface area contributed by atoms with Crippen molar-refractivity contribution < 1.29 is 9.47 Å². The van der Waals surface area contributed by atoms with E-state index in [0.717, 1.165) is 23.4 Å². The lowest BCUT2D eigenvalue weighted by atomic mass is 10.0. The molecule has 0 saturated carbocycles. The van der Waals surface area contributed by atoms with Crippen LogP contribution in [0, 0.1) is 0 Å². The van der Waals surface area contributed by atoms with Crippen LogP contribution in [0.3, 0.4) is 0 Å². The third-order valence-electron chi connectivity index (χ3n) is 3.14. The Morgan fingerprint density at radius 3 is 2.65 bits per heavy atom. The molecule has 0 radical (unpaired) electrons. The summed E-state index contributed by atoms with van der Waals surface area (Å²) in [6.07, 6.45) is 4.08. The molecule has 2 rings (SSSR count). The predicted molar refractivity (Wildman–Crippen MR) is 77.1 cm³/mol. The van der Waals surface area contributed by atoms with Crippen molar-refractivity contribution in [2.75, 3.05) is 21.3 Å². The highest BCUT2D eigenvalue weighted by Crippen LogP contribution is 2.24. The molecule has 1 aromatic carbocycles. The second-order valence-corrected chi connectivity index (χ2v) is 4.35. The van der Waals surface area contributed by atoms with Gasteiger partial charge in [0, 0.05) is 12.4 Å². The van der Waals surface area contributed by atoms with Gasteiger partial charge in [-0.15, -0.1) is 0 Å². The number of methoxy groups -OCH3 is 2. The highest BCUT2D eigenvalue weighted by Gasteiger charge is 2.17. The first-order valence-corrected chi connectivity index (χ1v) is 6.43. The van der Waals surface area contributed by atoms with Crippen molar-refractivity contribution in [2.45, 2.75) is 12.5 Å². The average Bonchev–Trinajstić information content (AvgIpc) is 2.52. The molecule has 0 fully saturated rings. The SMILES string of the molecule is CNC(Cc1cccc(OC)c1)c1nccnc1OC. The van der Waals surface area contributed by atoms with Crippen LogP contribution < -0.4 is 14.8 Å². The van der Waals surface area contributed by atoms with Gasteiger partial charge in [-0.25, -0.2) is 4.98 Å². The summed E-state index contributed by atoms with van der Waals surface area (Å²) in [5, 5.41) is 3.26. The monoisotopic (exact) mass is 273 g/mol. The number of hydrogen-bond acceptors (Lipinski definition) is 5. The molecule has 0 saturated heterocycles. The number of aromatic nitrogens is 2. The molecule has 5 nitrogen and oxygen atoms in total. The summed E-state index contributed by atoms with van der Waals surface area (Å²) in [5.74, 6) is 1.40. The smallest absolute Gasteiger partial charge is 0.237 e. The van der Waals surface area contributed by atoms with Crippen LogP contribution in [0.15, 0.2) is 36.7 Å². The van der Waals surface area contributed by atoms with Crippen molar-refractivity contribution in [1.82, 2.24) is 15.3 Å². The van der Waals surface area contributed by atoms with E-state index in [2.05, 4.69) is 21.4 Å². The van der Waals surface area contributed by atoms with Gasteiger partial charge in [0.15, 0.2) is 0 Å². The van der Waals surface area contributed by atoms with E-state index in [1.54, 1.807) is 26.6 Å². The lowest BCUT2D eigenvalue weighted by molar-refractivity contribution is 0.379. The van der Waals surface area contributed by atoms with Crippen LogP contribution in [-0.2, 0) is 6.42 Å². The normalized spacial score (nSPS) is 11.9. The summed E-state index contributed by atoms with van der Waals surface area (Å²) in [6, 6.07) is 8.03. The van der Waals surface area contributed by atoms with Crippen molar-refractivity contribution in [3.8, 4) is 11.6 Å². The van der Waals surface area contributed by atoms with E-state index in [1.165, 1.54) is 0 Å². The predicted octanol–water partition coefficient (Wildman–Crippen LogP) is 2.00. The fourth-order valence-corrected chi connectivity index (χ4v) is 2.10. The topological polar surface area (TPSA) is 56.3 Å². The Balaban J connectivity index is 2.24. The molecule has 1 aromatic heterocycles. The van der Waals surface area contributed by atoms with Crippen LogP contribution >= 0.6 is 0 Å². The molecule has 1 N–H and O–H groups in total. The Morgan fingerprint density at radius 2 is 1.95 bits per heavy atom. The summed E-state index contributed by atoms with van der Waals surface area (Å²) in [4.78, 5) is 8.57. The number of nitrogens with one attached hydrogen (secondary N) is 1. The third-order valence-corrected chi connectivity index (χ3v) is 3.14. The molecule has 1 atom stereocenters. The molecule has 0 spiro atoms. The summed E-state index contributed by atoms with van der Waals surface area (Å²) in [6.45, 7) is 0. The van der Waals surface area contributed by atoms with E-state index in [9.17, 15) is 0 Å². The number of likely N-dealkylation sites (N-methyl/N-ethyl adjacent to an activating group) is 1. The van der Waals surface area contributed by atoms with Crippen molar-refractivity contribution in [3.63, 3.8) is 0 Å². The van der Waals surface area contributed by atoms with Crippen molar-refractivity contribution >= 4 is 0 Å². The van der Waals surface area contributed by atoms with E-state index in [0.29, 0.717) is 5.88 Å². The highest BCUT2D eigenvalue weighted by molar-refractivity contribution is 5.31. The first kappa shape index (κ1) is 14.3. The Hall–Kier alpha value is -2.14. The highest BCUT2D eigenvalue weighted by atomic mass is 16.5. The number of nitrogens with zero attached hydrogens (tertiary/aromatic N) is 2. The van der Waals surface area contributed by atoms with E-state index < -0.39 is 0 Å². The van der Waals surface area contributed by atoms with Gasteiger partial charge in [0.25, 0.3) is 0 Å². The van der Waals surface area contributed by atoms with E-state index in [-0.39, 0.29) is 6.04 Å².